The lowest BCUT2D eigenvalue weighted by Crippen LogP contribution is -2.51. The number of likely N-dealkylation sites (tertiary alicyclic amines) is 2. The minimum atomic E-state index is 0.0947. The van der Waals surface area contributed by atoms with Crippen LogP contribution in [0.25, 0.3) is 0 Å². The summed E-state index contributed by atoms with van der Waals surface area (Å²) in [5.74, 6) is 0.993. The average molecular weight is 385 g/mol. The van der Waals surface area contributed by atoms with Crippen LogP contribution in [0, 0.1) is 11.8 Å². The zero-order valence-electron chi connectivity index (χ0n) is 16.7. The molecule has 2 saturated heterocycles. The topological polar surface area (TPSA) is 65.5 Å². The summed E-state index contributed by atoms with van der Waals surface area (Å²) in [7, 11) is 0. The summed E-state index contributed by atoms with van der Waals surface area (Å²) in [6.45, 7) is 4.41. The molecule has 0 unspecified atom stereocenters. The summed E-state index contributed by atoms with van der Waals surface area (Å²) < 4.78 is 0. The monoisotopic (exact) mass is 384 g/mol. The van der Waals surface area contributed by atoms with Gasteiger partial charge in [-0.3, -0.25) is 19.5 Å². The van der Waals surface area contributed by atoms with Gasteiger partial charge in [-0.2, -0.15) is 0 Å². The Kier molecular flexibility index (Phi) is 6.25. The molecule has 0 bridgehead atoms. The highest BCUT2D eigenvalue weighted by Crippen LogP contribution is 2.32. The summed E-state index contributed by atoms with van der Waals surface area (Å²) in [6, 6.07) is 4.51. The smallest absolute Gasteiger partial charge is 0.225 e. The van der Waals surface area contributed by atoms with E-state index in [1.165, 1.54) is 5.56 Å². The van der Waals surface area contributed by atoms with E-state index in [-0.39, 0.29) is 11.8 Å². The van der Waals surface area contributed by atoms with Crippen LogP contribution in [0.15, 0.2) is 24.5 Å². The number of amides is 2. The van der Waals surface area contributed by atoms with Crippen molar-refractivity contribution in [2.45, 2.75) is 51.0 Å². The van der Waals surface area contributed by atoms with Gasteiger partial charge in [0.05, 0.1) is 5.92 Å². The SMILES string of the molecule is O=C(NCCc1ccncc1)[C@H]1CCCN(C2CCN(C(=O)C3CC3)CC2)C1. The highest BCUT2D eigenvalue weighted by molar-refractivity contribution is 5.81. The van der Waals surface area contributed by atoms with Crippen molar-refractivity contribution in [2.24, 2.45) is 11.8 Å². The lowest BCUT2D eigenvalue weighted by molar-refractivity contribution is -0.134. The third-order valence-corrected chi connectivity index (χ3v) is 6.51. The number of piperidine rings is 2. The van der Waals surface area contributed by atoms with Crippen LogP contribution in [0.5, 0.6) is 0 Å². The van der Waals surface area contributed by atoms with Crippen LogP contribution in [0.4, 0.5) is 0 Å². The molecule has 3 aliphatic rings. The van der Waals surface area contributed by atoms with Crippen LogP contribution in [0.3, 0.4) is 0 Å². The van der Waals surface area contributed by atoms with Crippen molar-refractivity contribution in [3.05, 3.63) is 30.1 Å². The maximum Gasteiger partial charge on any atom is 0.225 e. The van der Waals surface area contributed by atoms with Crippen molar-refractivity contribution >= 4 is 11.8 Å². The van der Waals surface area contributed by atoms with Crippen LogP contribution in [-0.2, 0) is 16.0 Å². The molecule has 4 rings (SSSR count). The molecule has 6 heteroatoms. The maximum absolute atomic E-state index is 12.6. The fourth-order valence-electron chi connectivity index (χ4n) is 4.62. The molecule has 0 radical (unpaired) electrons. The number of nitrogens with one attached hydrogen (secondary N) is 1. The van der Waals surface area contributed by atoms with Crippen LogP contribution in [0.2, 0.25) is 0 Å². The first-order chi connectivity index (χ1) is 13.7. The van der Waals surface area contributed by atoms with Gasteiger partial charge in [0.15, 0.2) is 0 Å². The van der Waals surface area contributed by atoms with E-state index in [0.29, 0.717) is 24.4 Å². The molecule has 3 fully saturated rings. The molecule has 1 aromatic heterocycles. The van der Waals surface area contributed by atoms with E-state index >= 15 is 0 Å². The second-order valence-corrected chi connectivity index (χ2v) is 8.56. The first kappa shape index (κ1) is 19.4. The Morgan fingerprint density at radius 3 is 2.46 bits per heavy atom. The molecule has 152 valence electrons. The van der Waals surface area contributed by atoms with Crippen molar-refractivity contribution in [3.63, 3.8) is 0 Å². The molecule has 0 aromatic carbocycles. The second-order valence-electron chi connectivity index (χ2n) is 8.56. The minimum absolute atomic E-state index is 0.0947. The largest absolute Gasteiger partial charge is 0.355 e. The Labute approximate surface area is 167 Å². The third-order valence-electron chi connectivity index (χ3n) is 6.51. The predicted molar refractivity (Wildman–Crippen MR) is 108 cm³/mol. The van der Waals surface area contributed by atoms with Crippen molar-refractivity contribution in [3.8, 4) is 0 Å². The molecular formula is C22H32N4O2. The number of hydrogen-bond acceptors (Lipinski definition) is 4. The molecule has 1 aliphatic carbocycles. The Balaban J connectivity index is 1.20. The average Bonchev–Trinajstić information content (AvgIpc) is 3.60. The molecule has 2 amide bonds. The number of aromatic nitrogens is 1. The van der Waals surface area contributed by atoms with E-state index in [0.717, 1.165) is 71.1 Å². The van der Waals surface area contributed by atoms with E-state index in [2.05, 4.69) is 20.1 Å². The Hall–Kier alpha value is -1.95. The highest BCUT2D eigenvalue weighted by atomic mass is 16.2. The first-order valence-electron chi connectivity index (χ1n) is 10.9. The van der Waals surface area contributed by atoms with Crippen molar-refractivity contribution in [1.82, 2.24) is 20.1 Å². The van der Waals surface area contributed by atoms with Crippen LogP contribution in [-0.4, -0.2) is 65.4 Å². The zero-order valence-corrected chi connectivity index (χ0v) is 16.7. The number of rotatable bonds is 6. The number of carbonyl (C=O) groups is 2. The minimum Gasteiger partial charge on any atom is -0.355 e. The summed E-state index contributed by atoms with van der Waals surface area (Å²) in [5.41, 5.74) is 1.20. The van der Waals surface area contributed by atoms with Gasteiger partial charge in [-0.15, -0.1) is 0 Å². The summed E-state index contributed by atoms with van der Waals surface area (Å²) >= 11 is 0. The fraction of sp³-hybridized carbons (Fsp3) is 0.682. The molecule has 2 aliphatic heterocycles. The van der Waals surface area contributed by atoms with Gasteiger partial charge in [-0.1, -0.05) is 0 Å². The Bertz CT molecular complexity index is 668. The Morgan fingerprint density at radius 1 is 1.00 bits per heavy atom. The van der Waals surface area contributed by atoms with Crippen molar-refractivity contribution in [1.29, 1.82) is 0 Å². The van der Waals surface area contributed by atoms with Gasteiger partial charge in [-0.25, -0.2) is 0 Å². The molecule has 1 N–H and O–H groups in total. The van der Waals surface area contributed by atoms with Crippen molar-refractivity contribution in [2.75, 3.05) is 32.7 Å². The lowest BCUT2D eigenvalue weighted by Gasteiger charge is -2.42. The predicted octanol–water partition coefficient (Wildman–Crippen LogP) is 1.85. The molecule has 1 saturated carbocycles. The van der Waals surface area contributed by atoms with Gasteiger partial charge >= 0.3 is 0 Å². The maximum atomic E-state index is 12.6. The van der Waals surface area contributed by atoms with E-state index in [1.54, 1.807) is 12.4 Å². The van der Waals surface area contributed by atoms with Gasteiger partial charge in [0.25, 0.3) is 0 Å². The second kappa shape index (κ2) is 9.03. The molecule has 1 aromatic rings. The van der Waals surface area contributed by atoms with Crippen LogP contribution < -0.4 is 5.32 Å². The van der Waals surface area contributed by atoms with Crippen molar-refractivity contribution < 1.29 is 9.59 Å². The van der Waals surface area contributed by atoms with Crippen LogP contribution >= 0.6 is 0 Å². The summed E-state index contributed by atoms with van der Waals surface area (Å²) in [4.78, 5) is 33.5. The number of nitrogens with zero attached hydrogens (tertiary/aromatic N) is 3. The molecule has 1 atom stereocenters. The fourth-order valence-corrected chi connectivity index (χ4v) is 4.62. The molecule has 6 nitrogen and oxygen atoms in total. The normalized spacial score (nSPS) is 24.1. The number of carbonyl (C=O) groups excluding carboxylic acids is 2. The lowest BCUT2D eigenvalue weighted by atomic mass is 9.93. The van der Waals surface area contributed by atoms with Gasteiger partial charge in [0, 0.05) is 50.5 Å². The number of hydrogen-bond donors (Lipinski definition) is 1. The standard InChI is InChI=1S/C22H32N4O2/c27-21(24-12-7-17-5-10-23-11-6-17)19-2-1-13-26(16-19)20-8-14-25(15-9-20)22(28)18-3-4-18/h5-6,10-11,18-20H,1-4,7-9,12-16H2,(H,24,27)/t19-/m0/s1. The van der Waals surface area contributed by atoms with E-state index < -0.39 is 0 Å². The van der Waals surface area contributed by atoms with E-state index in [1.807, 2.05) is 12.1 Å². The quantitative estimate of drug-likeness (QED) is 0.813. The summed E-state index contributed by atoms with van der Waals surface area (Å²) in [5, 5.41) is 3.13. The van der Waals surface area contributed by atoms with E-state index in [9.17, 15) is 9.59 Å². The third kappa shape index (κ3) is 4.90. The van der Waals surface area contributed by atoms with Crippen LogP contribution in [0.1, 0.15) is 44.1 Å². The van der Waals surface area contributed by atoms with Gasteiger partial charge < -0.3 is 10.2 Å². The highest BCUT2D eigenvalue weighted by Gasteiger charge is 2.37. The van der Waals surface area contributed by atoms with Gasteiger partial charge in [0.1, 0.15) is 0 Å². The van der Waals surface area contributed by atoms with Gasteiger partial charge in [-0.05, 0) is 69.2 Å². The molecule has 3 heterocycles. The molecule has 28 heavy (non-hydrogen) atoms. The van der Waals surface area contributed by atoms with Gasteiger partial charge in [0.2, 0.25) is 11.8 Å². The summed E-state index contributed by atoms with van der Waals surface area (Å²) in [6.07, 6.45) is 10.8. The Morgan fingerprint density at radius 2 is 1.75 bits per heavy atom. The molecule has 0 spiro atoms. The first-order valence-corrected chi connectivity index (χ1v) is 10.9. The number of pyridine rings is 1. The zero-order chi connectivity index (χ0) is 19.3. The van der Waals surface area contributed by atoms with E-state index in [4.69, 9.17) is 0 Å². The molecular weight excluding hydrogens is 352 g/mol.